The van der Waals surface area contributed by atoms with Gasteiger partial charge < -0.3 is 5.11 Å². The van der Waals surface area contributed by atoms with Crippen molar-refractivity contribution >= 4 is 11.8 Å². The number of carboxylic acids is 1. The van der Waals surface area contributed by atoms with Crippen LogP contribution in [0.5, 0.6) is 0 Å². The minimum atomic E-state index is -1.13. The van der Waals surface area contributed by atoms with Crippen molar-refractivity contribution in [1.82, 2.24) is 10.2 Å². The molecule has 0 spiro atoms. The van der Waals surface area contributed by atoms with Gasteiger partial charge in [0.2, 0.25) is 0 Å². The number of rotatable bonds is 4. The van der Waals surface area contributed by atoms with Crippen LogP contribution in [0.2, 0.25) is 0 Å². The Kier molecular flexibility index (Phi) is 3.41. The largest absolute Gasteiger partial charge is 0.476 e. The van der Waals surface area contributed by atoms with Crippen LogP contribution in [0.15, 0.2) is 12.1 Å². The van der Waals surface area contributed by atoms with Gasteiger partial charge in [0.15, 0.2) is 11.5 Å². The van der Waals surface area contributed by atoms with Crippen LogP contribution in [0.25, 0.3) is 0 Å². The van der Waals surface area contributed by atoms with E-state index in [1.165, 1.54) is 12.1 Å². The molecule has 0 saturated heterocycles. The number of aromatic nitrogens is 2. The van der Waals surface area contributed by atoms with Crippen molar-refractivity contribution in [3.8, 4) is 12.3 Å². The highest BCUT2D eigenvalue weighted by Crippen LogP contribution is 2.01. The van der Waals surface area contributed by atoms with Gasteiger partial charge in [-0.15, -0.1) is 16.6 Å². The van der Waals surface area contributed by atoms with E-state index in [0.717, 1.165) is 0 Å². The fourth-order valence-electron chi connectivity index (χ4n) is 0.652. The summed E-state index contributed by atoms with van der Waals surface area (Å²) in [4.78, 5) is 15.1. The first-order valence-electron chi connectivity index (χ1n) is 3.62. The van der Waals surface area contributed by atoms with E-state index in [0.29, 0.717) is 5.82 Å². The van der Waals surface area contributed by atoms with Gasteiger partial charge in [0.05, 0.1) is 0 Å². The molecule has 1 aromatic heterocycles. The zero-order chi connectivity index (χ0) is 10.4. The molecule has 0 aliphatic carbocycles. The van der Waals surface area contributed by atoms with E-state index < -0.39 is 5.97 Å². The molecule has 0 bridgehead atoms. The minimum Gasteiger partial charge on any atom is -0.476 e. The Morgan fingerprint density at radius 1 is 1.64 bits per heavy atom. The molecule has 1 heterocycles. The zero-order valence-corrected chi connectivity index (χ0v) is 7.10. The Balaban J connectivity index is 2.56. The average Bonchev–Trinajstić information content (AvgIpc) is 2.19. The summed E-state index contributed by atoms with van der Waals surface area (Å²) in [5.41, 5.74) is 2.27. The molecule has 0 atom stereocenters. The molecule has 1 aromatic rings. The topological polar surface area (TPSA) is 84.3 Å². The van der Waals surface area contributed by atoms with Crippen molar-refractivity contribution in [2.24, 2.45) is 0 Å². The number of nitrogens with zero attached hydrogens (tertiary/aromatic N) is 2. The normalized spacial score (nSPS) is 9.07. The Morgan fingerprint density at radius 2 is 2.43 bits per heavy atom. The highest BCUT2D eigenvalue weighted by molar-refractivity contribution is 5.85. The SMILES string of the molecule is C#CCONc1ccc(C(=O)O)nn1. The van der Waals surface area contributed by atoms with Crippen molar-refractivity contribution < 1.29 is 14.7 Å². The van der Waals surface area contributed by atoms with Crippen LogP contribution in [0, 0.1) is 12.3 Å². The summed E-state index contributed by atoms with van der Waals surface area (Å²) < 4.78 is 0. The van der Waals surface area contributed by atoms with Gasteiger partial charge >= 0.3 is 5.97 Å². The monoisotopic (exact) mass is 193 g/mol. The summed E-state index contributed by atoms with van der Waals surface area (Å²) in [5, 5.41) is 15.5. The number of carboxylic acid groups (broad SMARTS) is 1. The summed E-state index contributed by atoms with van der Waals surface area (Å²) in [6.07, 6.45) is 4.93. The second-order valence-corrected chi connectivity index (χ2v) is 2.20. The second kappa shape index (κ2) is 4.79. The molecule has 0 radical (unpaired) electrons. The molecule has 0 amide bonds. The first-order valence-corrected chi connectivity index (χ1v) is 3.62. The Morgan fingerprint density at radius 3 is 2.93 bits per heavy atom. The summed E-state index contributed by atoms with van der Waals surface area (Å²) in [5.74, 6) is 1.41. The fraction of sp³-hybridized carbons (Fsp3) is 0.125. The van der Waals surface area contributed by atoms with Gasteiger partial charge in [-0.25, -0.2) is 10.3 Å². The standard InChI is InChI=1S/C8H7N3O3/c1-2-5-14-11-7-4-3-6(8(12)13)9-10-7/h1,3-4H,5H2,(H,10,11)(H,12,13). The number of aromatic carboxylic acids is 1. The molecule has 0 fully saturated rings. The average molecular weight is 193 g/mol. The van der Waals surface area contributed by atoms with Crippen molar-refractivity contribution in [3.63, 3.8) is 0 Å². The highest BCUT2D eigenvalue weighted by atomic mass is 16.6. The van der Waals surface area contributed by atoms with E-state index in [1.54, 1.807) is 0 Å². The molecule has 0 aliphatic heterocycles. The van der Waals surface area contributed by atoms with E-state index in [1.807, 2.05) is 0 Å². The van der Waals surface area contributed by atoms with Gasteiger partial charge in [0, 0.05) is 0 Å². The van der Waals surface area contributed by atoms with E-state index in [9.17, 15) is 4.79 Å². The van der Waals surface area contributed by atoms with Crippen molar-refractivity contribution in [1.29, 1.82) is 0 Å². The number of nitrogens with one attached hydrogen (secondary N) is 1. The molecule has 6 heteroatoms. The third kappa shape index (κ3) is 2.73. The van der Waals surface area contributed by atoms with Crippen LogP contribution in [-0.2, 0) is 4.84 Å². The first kappa shape index (κ1) is 9.95. The highest BCUT2D eigenvalue weighted by Gasteiger charge is 2.04. The third-order valence-electron chi connectivity index (χ3n) is 1.22. The van der Waals surface area contributed by atoms with Gasteiger partial charge in [-0.1, -0.05) is 5.92 Å². The summed E-state index contributed by atoms with van der Waals surface area (Å²) in [7, 11) is 0. The van der Waals surface area contributed by atoms with Crippen LogP contribution in [0.3, 0.4) is 0 Å². The first-order chi connectivity index (χ1) is 6.74. The third-order valence-corrected chi connectivity index (χ3v) is 1.22. The summed E-state index contributed by atoms with van der Waals surface area (Å²) >= 11 is 0. The van der Waals surface area contributed by atoms with Crippen molar-refractivity contribution in [2.45, 2.75) is 0 Å². The smallest absolute Gasteiger partial charge is 0.356 e. The van der Waals surface area contributed by atoms with Crippen LogP contribution in [-0.4, -0.2) is 27.9 Å². The van der Waals surface area contributed by atoms with E-state index in [-0.39, 0.29) is 12.3 Å². The molecule has 0 aliphatic rings. The lowest BCUT2D eigenvalue weighted by molar-refractivity contribution is 0.0689. The number of carbonyl (C=O) groups is 1. The fourth-order valence-corrected chi connectivity index (χ4v) is 0.652. The molecule has 14 heavy (non-hydrogen) atoms. The quantitative estimate of drug-likeness (QED) is 0.402. The van der Waals surface area contributed by atoms with E-state index >= 15 is 0 Å². The number of terminal acetylenes is 1. The molecule has 0 saturated carbocycles. The number of anilines is 1. The second-order valence-electron chi connectivity index (χ2n) is 2.20. The minimum absolute atomic E-state index is 0.0857. The molecular weight excluding hydrogens is 186 g/mol. The van der Waals surface area contributed by atoms with Crippen LogP contribution >= 0.6 is 0 Å². The summed E-state index contributed by atoms with van der Waals surface area (Å²) in [6.45, 7) is 0.0857. The van der Waals surface area contributed by atoms with Gasteiger partial charge in [-0.2, -0.15) is 0 Å². The lowest BCUT2D eigenvalue weighted by Gasteiger charge is -2.01. The lowest BCUT2D eigenvalue weighted by Crippen LogP contribution is -2.06. The molecule has 2 N–H and O–H groups in total. The summed E-state index contributed by atoms with van der Waals surface area (Å²) in [6, 6.07) is 2.73. The van der Waals surface area contributed by atoms with Crippen LogP contribution in [0.1, 0.15) is 10.5 Å². The maximum absolute atomic E-state index is 10.4. The zero-order valence-electron chi connectivity index (χ0n) is 7.10. The Hall–Kier alpha value is -2.13. The maximum Gasteiger partial charge on any atom is 0.356 e. The molecule has 0 aromatic carbocycles. The lowest BCUT2D eigenvalue weighted by atomic mass is 10.4. The van der Waals surface area contributed by atoms with Crippen molar-refractivity contribution in [3.05, 3.63) is 17.8 Å². The Labute approximate surface area is 79.9 Å². The molecule has 0 unspecified atom stereocenters. The maximum atomic E-state index is 10.4. The van der Waals surface area contributed by atoms with Crippen molar-refractivity contribution in [2.75, 3.05) is 12.1 Å². The molecule has 1 rings (SSSR count). The Bertz CT molecular complexity index is 355. The number of hydrogen-bond donors (Lipinski definition) is 2. The van der Waals surface area contributed by atoms with Gasteiger partial charge in [0.1, 0.15) is 6.61 Å². The van der Waals surface area contributed by atoms with Crippen LogP contribution < -0.4 is 5.48 Å². The molecule has 6 nitrogen and oxygen atoms in total. The van der Waals surface area contributed by atoms with Gasteiger partial charge in [-0.05, 0) is 12.1 Å². The predicted molar refractivity (Wildman–Crippen MR) is 47.4 cm³/mol. The molecular formula is C8H7N3O3. The predicted octanol–water partition coefficient (Wildman–Crippen LogP) is 0.151. The van der Waals surface area contributed by atoms with Gasteiger partial charge in [-0.3, -0.25) is 4.84 Å². The van der Waals surface area contributed by atoms with Gasteiger partial charge in [0.25, 0.3) is 0 Å². The number of hydrogen-bond acceptors (Lipinski definition) is 5. The van der Waals surface area contributed by atoms with E-state index in [4.69, 9.17) is 16.4 Å². The van der Waals surface area contributed by atoms with E-state index in [2.05, 4.69) is 21.6 Å². The molecule has 72 valence electrons. The van der Waals surface area contributed by atoms with Crippen LogP contribution in [0.4, 0.5) is 5.82 Å².